The number of fused-ring (bicyclic) bond motifs is 1. The number of hydrogen-bond acceptors (Lipinski definition) is 4. The monoisotopic (exact) mass is 462 g/mol. The first-order valence-electron chi connectivity index (χ1n) is 12.3. The predicted octanol–water partition coefficient (Wildman–Crippen LogP) is 4.08. The Morgan fingerprint density at radius 1 is 0.971 bits per heavy atom. The third kappa shape index (κ3) is 3.73. The number of piperidine rings is 1. The molecular formula is C28H34N2O4. The molecule has 5 rings (SSSR count). The highest BCUT2D eigenvalue weighted by atomic mass is 16.5. The van der Waals surface area contributed by atoms with Crippen molar-refractivity contribution in [2.24, 2.45) is 5.41 Å². The van der Waals surface area contributed by atoms with E-state index in [1.165, 1.54) is 5.56 Å². The molecule has 180 valence electrons. The van der Waals surface area contributed by atoms with Gasteiger partial charge < -0.3 is 19.3 Å². The van der Waals surface area contributed by atoms with Crippen LogP contribution in [0, 0.1) is 5.41 Å². The molecule has 3 fully saturated rings. The van der Waals surface area contributed by atoms with Crippen LogP contribution in [0.25, 0.3) is 0 Å². The molecule has 2 bridgehead atoms. The molecule has 2 amide bonds. The van der Waals surface area contributed by atoms with Crippen LogP contribution in [0.4, 0.5) is 0 Å². The molecule has 6 heteroatoms. The Labute approximate surface area is 201 Å². The number of benzene rings is 2. The molecule has 1 saturated carbocycles. The predicted molar refractivity (Wildman–Crippen MR) is 130 cm³/mol. The summed E-state index contributed by atoms with van der Waals surface area (Å²) in [5, 5.41) is 0. The summed E-state index contributed by atoms with van der Waals surface area (Å²) in [6, 6.07) is 18.0. The third-order valence-electron chi connectivity index (χ3n) is 8.32. The zero-order valence-electron chi connectivity index (χ0n) is 20.3. The van der Waals surface area contributed by atoms with E-state index in [0.29, 0.717) is 11.5 Å². The Kier molecular flexibility index (Phi) is 6.00. The van der Waals surface area contributed by atoms with Crippen molar-refractivity contribution >= 4 is 11.8 Å². The summed E-state index contributed by atoms with van der Waals surface area (Å²) in [6.07, 6.45) is 4.69. The fourth-order valence-corrected chi connectivity index (χ4v) is 6.94. The maximum atomic E-state index is 13.9. The summed E-state index contributed by atoms with van der Waals surface area (Å²) in [4.78, 5) is 31.0. The van der Waals surface area contributed by atoms with E-state index in [2.05, 4.69) is 28.9 Å². The van der Waals surface area contributed by atoms with Crippen LogP contribution < -0.4 is 9.47 Å². The van der Waals surface area contributed by atoms with Gasteiger partial charge in [0.2, 0.25) is 5.91 Å². The average molecular weight is 463 g/mol. The van der Waals surface area contributed by atoms with E-state index in [9.17, 15) is 9.59 Å². The lowest BCUT2D eigenvalue weighted by molar-refractivity contribution is -0.147. The number of ether oxygens (including phenoxy) is 2. The molecular weight excluding hydrogens is 428 g/mol. The Morgan fingerprint density at radius 2 is 1.62 bits per heavy atom. The second kappa shape index (κ2) is 8.97. The third-order valence-corrected chi connectivity index (χ3v) is 8.32. The average Bonchev–Trinajstić information content (AvgIpc) is 3.16. The van der Waals surface area contributed by atoms with Crippen molar-refractivity contribution in [1.82, 2.24) is 9.80 Å². The van der Waals surface area contributed by atoms with Crippen LogP contribution in [0.3, 0.4) is 0 Å². The molecule has 0 radical (unpaired) electrons. The number of likely N-dealkylation sites (tertiary alicyclic amines) is 2. The second-order valence-electron chi connectivity index (χ2n) is 10.2. The van der Waals surface area contributed by atoms with Gasteiger partial charge in [-0.05, 0) is 49.8 Å². The fourth-order valence-electron chi connectivity index (χ4n) is 6.94. The highest BCUT2D eigenvalue weighted by molar-refractivity contribution is 5.80. The van der Waals surface area contributed by atoms with Gasteiger partial charge in [0.05, 0.1) is 19.2 Å². The van der Waals surface area contributed by atoms with E-state index in [1.807, 2.05) is 42.5 Å². The van der Waals surface area contributed by atoms with Gasteiger partial charge in [0.1, 0.15) is 0 Å². The summed E-state index contributed by atoms with van der Waals surface area (Å²) in [5.74, 6) is 1.29. The molecule has 34 heavy (non-hydrogen) atoms. The zero-order valence-corrected chi connectivity index (χ0v) is 20.3. The summed E-state index contributed by atoms with van der Waals surface area (Å²) < 4.78 is 11.4. The van der Waals surface area contributed by atoms with Gasteiger partial charge in [0.25, 0.3) is 5.91 Å². The molecule has 0 N–H and O–H groups in total. The van der Waals surface area contributed by atoms with Gasteiger partial charge in [-0.3, -0.25) is 9.59 Å². The van der Waals surface area contributed by atoms with Crippen LogP contribution in [-0.4, -0.2) is 59.5 Å². The highest BCUT2D eigenvalue weighted by Crippen LogP contribution is 2.56. The largest absolute Gasteiger partial charge is 0.493 e. The summed E-state index contributed by atoms with van der Waals surface area (Å²) in [7, 11) is 1.60. The molecule has 3 aliphatic rings. The molecule has 2 saturated heterocycles. The number of methoxy groups -OCH3 is 1. The minimum atomic E-state index is -0.0815. The smallest absolute Gasteiger partial charge is 0.261 e. The van der Waals surface area contributed by atoms with E-state index in [1.54, 1.807) is 14.0 Å². The summed E-state index contributed by atoms with van der Waals surface area (Å²) in [6.45, 7) is 3.93. The fraction of sp³-hybridized carbons (Fsp3) is 0.500. The number of carbonyl (C=O) groups excluding carboxylic acids is 2. The van der Waals surface area contributed by atoms with Gasteiger partial charge in [-0.2, -0.15) is 0 Å². The van der Waals surface area contributed by atoms with Gasteiger partial charge in [-0.25, -0.2) is 0 Å². The van der Waals surface area contributed by atoms with Gasteiger partial charge in [-0.15, -0.1) is 0 Å². The minimum absolute atomic E-state index is 0.0150. The molecule has 0 spiro atoms. The van der Waals surface area contributed by atoms with Crippen LogP contribution >= 0.6 is 0 Å². The first kappa shape index (κ1) is 22.8. The lowest BCUT2D eigenvalue weighted by Crippen LogP contribution is -2.63. The minimum Gasteiger partial charge on any atom is -0.493 e. The topological polar surface area (TPSA) is 59.1 Å². The van der Waals surface area contributed by atoms with Crippen molar-refractivity contribution < 1.29 is 19.1 Å². The maximum Gasteiger partial charge on any atom is 0.261 e. The van der Waals surface area contributed by atoms with Gasteiger partial charge in [0, 0.05) is 24.4 Å². The number of carbonyl (C=O) groups is 2. The van der Waals surface area contributed by atoms with E-state index in [0.717, 1.165) is 32.1 Å². The molecule has 5 atom stereocenters. The van der Waals surface area contributed by atoms with E-state index in [4.69, 9.17) is 9.47 Å². The summed E-state index contributed by atoms with van der Waals surface area (Å²) in [5.41, 5.74) is 1.10. The molecule has 6 nitrogen and oxygen atoms in total. The van der Waals surface area contributed by atoms with Crippen LogP contribution in [0.2, 0.25) is 0 Å². The lowest BCUT2D eigenvalue weighted by atomic mass is 9.64. The normalized spacial score (nSPS) is 29.6. The van der Waals surface area contributed by atoms with Crippen molar-refractivity contribution in [2.75, 3.05) is 13.7 Å². The van der Waals surface area contributed by atoms with Crippen molar-refractivity contribution in [1.29, 1.82) is 0 Å². The van der Waals surface area contributed by atoms with Crippen molar-refractivity contribution in [3.05, 3.63) is 60.2 Å². The quantitative estimate of drug-likeness (QED) is 0.649. The SMILES string of the molecule is COc1ccccc1OCC(=O)N1[C@@H](Cc2ccccc2)[C@@H]2C[C@@]3(C)[C@H](CCC[C@@H]13)N2C(C)=O. The number of hydrogen-bond donors (Lipinski definition) is 0. The van der Waals surface area contributed by atoms with Gasteiger partial charge >= 0.3 is 0 Å². The molecule has 1 aliphatic carbocycles. The molecule has 2 heterocycles. The maximum absolute atomic E-state index is 13.9. The molecule has 2 aromatic carbocycles. The lowest BCUT2D eigenvalue weighted by Gasteiger charge is -2.53. The van der Waals surface area contributed by atoms with Crippen LogP contribution in [0.15, 0.2) is 54.6 Å². The molecule has 2 aromatic rings. The number of para-hydroxylation sites is 2. The first-order valence-corrected chi connectivity index (χ1v) is 12.3. The highest BCUT2D eigenvalue weighted by Gasteiger charge is 2.64. The Balaban J connectivity index is 1.48. The van der Waals surface area contributed by atoms with E-state index < -0.39 is 0 Å². The number of nitrogens with zero attached hydrogens (tertiary/aromatic N) is 2. The standard InChI is InChI=1S/C28H34N2O4/c1-19(31)29-22-17-28(2)25(29)14-9-15-26(28)30(21(22)16-20-10-5-4-6-11-20)27(32)18-34-24-13-8-7-12-23(24)33-3/h4-8,10-13,21-22,25-26H,9,14-18H2,1-3H3/t21-,22-,25-,26+,28-/m0/s1. The zero-order chi connectivity index (χ0) is 23.9. The van der Waals surface area contributed by atoms with E-state index in [-0.39, 0.29) is 48.0 Å². The van der Waals surface area contributed by atoms with Crippen LogP contribution in [-0.2, 0) is 16.0 Å². The molecule has 2 aliphatic heterocycles. The van der Waals surface area contributed by atoms with Gasteiger partial charge in [0.15, 0.2) is 18.1 Å². The van der Waals surface area contributed by atoms with Crippen LogP contribution in [0.5, 0.6) is 11.5 Å². The van der Waals surface area contributed by atoms with Crippen LogP contribution in [0.1, 0.15) is 45.1 Å². The molecule has 0 unspecified atom stereocenters. The van der Waals surface area contributed by atoms with E-state index >= 15 is 0 Å². The Bertz CT molecular complexity index is 1060. The number of rotatable bonds is 6. The molecule has 0 aromatic heterocycles. The summed E-state index contributed by atoms with van der Waals surface area (Å²) >= 11 is 0. The van der Waals surface area contributed by atoms with Crippen molar-refractivity contribution in [3.8, 4) is 11.5 Å². The Morgan fingerprint density at radius 3 is 2.29 bits per heavy atom. The second-order valence-corrected chi connectivity index (χ2v) is 10.2. The van der Waals surface area contributed by atoms with Crippen molar-refractivity contribution in [3.63, 3.8) is 0 Å². The Hall–Kier alpha value is -3.02. The number of amides is 2. The first-order chi connectivity index (χ1) is 16.4. The van der Waals surface area contributed by atoms with Crippen molar-refractivity contribution in [2.45, 2.75) is 70.1 Å². The van der Waals surface area contributed by atoms with Gasteiger partial charge in [-0.1, -0.05) is 49.4 Å².